The first-order chi connectivity index (χ1) is 12.8. The second-order valence-corrected chi connectivity index (χ2v) is 5.84. The van der Waals surface area contributed by atoms with Gasteiger partial charge in [-0.1, -0.05) is 23.3 Å². The van der Waals surface area contributed by atoms with Crippen LogP contribution in [0.2, 0.25) is 0 Å². The van der Waals surface area contributed by atoms with Gasteiger partial charge in [0, 0.05) is 0 Å². The second kappa shape index (κ2) is 9.20. The molecule has 0 fully saturated rings. The lowest BCUT2D eigenvalue weighted by molar-refractivity contribution is 0.0949. The minimum atomic E-state index is -0.615. The van der Waals surface area contributed by atoms with Crippen molar-refractivity contribution in [3.05, 3.63) is 70.6 Å². The molecular weight excluding hydrogens is 378 g/mol. The minimum Gasteiger partial charge on any atom is -0.419 e. The molecule has 27 heavy (non-hydrogen) atoms. The van der Waals surface area contributed by atoms with Gasteiger partial charge >= 0.3 is 0 Å². The molecule has 0 saturated heterocycles. The SMILES string of the molecule is Cc1ccc(F)c(-c2nnc(CCl)o2)c1.Cc1ccc(F)c(C(=O)NN)c1. The third kappa shape index (κ3) is 5.32. The summed E-state index contributed by atoms with van der Waals surface area (Å²) in [6.45, 7) is 3.63. The number of hydrazine groups is 1. The average Bonchev–Trinajstić information content (AvgIpc) is 3.14. The molecule has 9 heteroatoms. The number of nitrogens with one attached hydrogen (secondary N) is 1. The van der Waals surface area contributed by atoms with Crippen LogP contribution in [0.1, 0.15) is 27.4 Å². The average molecular weight is 395 g/mol. The Kier molecular flexibility index (Phi) is 6.98. The Bertz CT molecular complexity index is 947. The van der Waals surface area contributed by atoms with E-state index < -0.39 is 11.7 Å². The van der Waals surface area contributed by atoms with Gasteiger partial charge in [0.15, 0.2) is 0 Å². The van der Waals surface area contributed by atoms with Gasteiger partial charge in [-0.3, -0.25) is 10.2 Å². The first-order valence-corrected chi connectivity index (χ1v) is 8.31. The highest BCUT2D eigenvalue weighted by molar-refractivity contribution is 6.16. The maximum absolute atomic E-state index is 13.4. The molecule has 0 unspecified atom stereocenters. The van der Waals surface area contributed by atoms with Crippen LogP contribution >= 0.6 is 11.6 Å². The van der Waals surface area contributed by atoms with Gasteiger partial charge < -0.3 is 4.42 Å². The van der Waals surface area contributed by atoms with Crippen LogP contribution in [0.5, 0.6) is 0 Å². The summed E-state index contributed by atoms with van der Waals surface area (Å²) >= 11 is 5.51. The third-order valence-corrected chi connectivity index (χ3v) is 3.66. The zero-order valence-corrected chi connectivity index (χ0v) is 15.3. The number of hydrogen-bond acceptors (Lipinski definition) is 5. The lowest BCUT2D eigenvalue weighted by Gasteiger charge is -2.01. The molecule has 2 aromatic carbocycles. The summed E-state index contributed by atoms with van der Waals surface area (Å²) < 4.78 is 31.5. The number of alkyl halides is 1. The Morgan fingerprint density at radius 3 is 2.33 bits per heavy atom. The Labute approximate surface area is 159 Å². The molecule has 3 rings (SSSR count). The van der Waals surface area contributed by atoms with Gasteiger partial charge in [0.05, 0.1) is 11.1 Å². The van der Waals surface area contributed by atoms with Crippen LogP contribution < -0.4 is 11.3 Å². The monoisotopic (exact) mass is 394 g/mol. The molecule has 6 nitrogen and oxygen atoms in total. The lowest BCUT2D eigenvalue weighted by Crippen LogP contribution is -2.30. The van der Waals surface area contributed by atoms with Gasteiger partial charge in [-0.2, -0.15) is 0 Å². The number of nitrogen functional groups attached to an aromatic ring is 1. The van der Waals surface area contributed by atoms with E-state index >= 15 is 0 Å². The zero-order chi connectivity index (χ0) is 20.0. The van der Waals surface area contributed by atoms with Gasteiger partial charge in [-0.15, -0.1) is 21.8 Å². The molecule has 0 aliphatic carbocycles. The quantitative estimate of drug-likeness (QED) is 0.306. The first-order valence-electron chi connectivity index (χ1n) is 7.77. The molecule has 1 amide bonds. The Morgan fingerprint density at radius 1 is 1.11 bits per heavy atom. The molecular formula is C18H17ClF2N4O2. The van der Waals surface area contributed by atoms with Crippen molar-refractivity contribution in [2.24, 2.45) is 5.84 Å². The molecule has 0 radical (unpaired) electrons. The molecule has 0 saturated carbocycles. The Hall–Kier alpha value is -2.84. The third-order valence-electron chi connectivity index (χ3n) is 3.43. The van der Waals surface area contributed by atoms with Crippen molar-refractivity contribution in [2.45, 2.75) is 19.7 Å². The van der Waals surface area contributed by atoms with Gasteiger partial charge in [0.2, 0.25) is 5.89 Å². The van der Waals surface area contributed by atoms with Gasteiger partial charge in [0.1, 0.15) is 17.5 Å². The largest absolute Gasteiger partial charge is 0.419 e. The van der Waals surface area contributed by atoms with Crippen LogP contribution in [0.4, 0.5) is 8.78 Å². The molecule has 0 atom stereocenters. The highest BCUT2D eigenvalue weighted by Gasteiger charge is 2.12. The molecule has 3 N–H and O–H groups in total. The Morgan fingerprint density at radius 2 is 1.74 bits per heavy atom. The van der Waals surface area contributed by atoms with Crippen LogP contribution in [0, 0.1) is 25.5 Å². The number of amides is 1. The maximum atomic E-state index is 13.4. The van der Waals surface area contributed by atoms with Crippen LogP contribution in [-0.4, -0.2) is 16.1 Å². The van der Waals surface area contributed by atoms with E-state index in [1.54, 1.807) is 25.1 Å². The van der Waals surface area contributed by atoms with E-state index in [2.05, 4.69) is 10.2 Å². The van der Waals surface area contributed by atoms with Crippen molar-refractivity contribution < 1.29 is 18.0 Å². The molecule has 0 spiro atoms. The van der Waals surface area contributed by atoms with Gasteiger partial charge in [0.25, 0.3) is 11.8 Å². The predicted molar refractivity (Wildman–Crippen MR) is 96.8 cm³/mol. The molecule has 0 aliphatic rings. The summed E-state index contributed by atoms with van der Waals surface area (Å²) in [5, 5.41) is 7.38. The van der Waals surface area contributed by atoms with Crippen molar-refractivity contribution in [1.29, 1.82) is 0 Å². The van der Waals surface area contributed by atoms with E-state index in [4.69, 9.17) is 21.9 Å². The van der Waals surface area contributed by atoms with E-state index in [0.29, 0.717) is 5.56 Å². The summed E-state index contributed by atoms with van der Waals surface area (Å²) in [4.78, 5) is 10.9. The van der Waals surface area contributed by atoms with Crippen molar-refractivity contribution in [3.8, 4) is 11.5 Å². The van der Waals surface area contributed by atoms with Gasteiger partial charge in [-0.05, 0) is 38.1 Å². The predicted octanol–water partition coefficient (Wildman–Crippen LogP) is 3.66. The number of halogens is 3. The molecule has 142 valence electrons. The summed E-state index contributed by atoms with van der Waals surface area (Å²) in [6.07, 6.45) is 0. The summed E-state index contributed by atoms with van der Waals surface area (Å²) in [7, 11) is 0. The van der Waals surface area contributed by atoms with E-state index in [9.17, 15) is 13.6 Å². The molecule has 1 heterocycles. The van der Waals surface area contributed by atoms with Crippen molar-refractivity contribution in [1.82, 2.24) is 15.6 Å². The van der Waals surface area contributed by atoms with Crippen molar-refractivity contribution in [2.75, 3.05) is 0 Å². The fourth-order valence-electron chi connectivity index (χ4n) is 2.11. The summed E-state index contributed by atoms with van der Waals surface area (Å²) in [5.41, 5.74) is 3.89. The van der Waals surface area contributed by atoms with E-state index in [1.807, 2.05) is 12.3 Å². The number of aryl methyl sites for hydroxylation is 2. The number of rotatable bonds is 3. The maximum Gasteiger partial charge on any atom is 0.268 e. The first kappa shape index (κ1) is 20.5. The lowest BCUT2D eigenvalue weighted by atomic mass is 10.1. The highest BCUT2D eigenvalue weighted by atomic mass is 35.5. The van der Waals surface area contributed by atoms with Crippen molar-refractivity contribution in [3.63, 3.8) is 0 Å². The zero-order valence-electron chi connectivity index (χ0n) is 14.6. The minimum absolute atomic E-state index is 0.0301. The number of hydrogen-bond donors (Lipinski definition) is 2. The topological polar surface area (TPSA) is 94.0 Å². The van der Waals surface area contributed by atoms with Gasteiger partial charge in [-0.25, -0.2) is 14.6 Å². The number of nitrogens with two attached hydrogens (primary N) is 1. The van der Waals surface area contributed by atoms with E-state index in [0.717, 1.165) is 11.1 Å². The number of carbonyl (C=O) groups is 1. The van der Waals surface area contributed by atoms with E-state index in [-0.39, 0.29) is 29.0 Å². The van der Waals surface area contributed by atoms with E-state index in [1.165, 1.54) is 18.2 Å². The van der Waals surface area contributed by atoms with Crippen molar-refractivity contribution >= 4 is 17.5 Å². The van der Waals surface area contributed by atoms with Crippen LogP contribution in [-0.2, 0) is 5.88 Å². The van der Waals surface area contributed by atoms with Crippen LogP contribution in [0.25, 0.3) is 11.5 Å². The Balaban J connectivity index is 0.000000199. The van der Waals surface area contributed by atoms with Crippen LogP contribution in [0.3, 0.4) is 0 Å². The molecule has 3 aromatic rings. The number of aromatic nitrogens is 2. The number of nitrogens with zero attached hydrogens (tertiary/aromatic N) is 2. The summed E-state index contributed by atoms with van der Waals surface area (Å²) in [6, 6.07) is 8.97. The number of carbonyl (C=O) groups excluding carboxylic acids is 1. The van der Waals surface area contributed by atoms with Crippen LogP contribution in [0.15, 0.2) is 40.8 Å². The molecule has 1 aromatic heterocycles. The molecule has 0 bridgehead atoms. The normalized spacial score (nSPS) is 10.1. The summed E-state index contributed by atoms with van der Waals surface area (Å²) in [5.74, 6) is 3.86. The highest BCUT2D eigenvalue weighted by Crippen LogP contribution is 2.22. The second-order valence-electron chi connectivity index (χ2n) is 5.57. The fraction of sp³-hybridized carbons (Fsp3) is 0.167. The fourth-order valence-corrected chi connectivity index (χ4v) is 2.22. The number of benzene rings is 2. The standard InChI is InChI=1S/C10H8ClFN2O.C8H9FN2O/c1-6-2-3-8(12)7(4-6)10-14-13-9(5-11)15-10;1-5-2-3-7(9)6(4-5)8(12)11-10/h2-4H,5H2,1H3;2-4H,10H2,1H3,(H,11,12). The smallest absolute Gasteiger partial charge is 0.268 e. The molecule has 0 aliphatic heterocycles.